The van der Waals surface area contributed by atoms with Crippen LogP contribution in [0.3, 0.4) is 0 Å². The standard InChI is InChI=1S/C14H16F3N3/c15-14(16,17)11-7-10(6-5-9(11)8-18)20-13-4-2-1-3-12(13)19/h5-7,12-13,20H,1-4,19H2/t12-,13-/m1/s1. The molecule has 0 unspecified atom stereocenters. The maximum absolute atomic E-state index is 12.9. The first-order chi connectivity index (χ1) is 9.41. The number of hydrogen-bond donors (Lipinski definition) is 2. The number of nitriles is 1. The molecule has 108 valence electrons. The second-order valence-electron chi connectivity index (χ2n) is 5.07. The molecule has 1 aliphatic rings. The van der Waals surface area contributed by atoms with E-state index in [1.807, 2.05) is 0 Å². The molecule has 0 amide bonds. The van der Waals surface area contributed by atoms with Crippen LogP contribution in [0.25, 0.3) is 0 Å². The number of hydrogen-bond acceptors (Lipinski definition) is 3. The number of nitrogens with two attached hydrogens (primary N) is 1. The minimum atomic E-state index is -4.53. The Labute approximate surface area is 115 Å². The maximum atomic E-state index is 12.9. The van der Waals surface area contributed by atoms with Crippen molar-refractivity contribution >= 4 is 5.69 Å². The van der Waals surface area contributed by atoms with Crippen LogP contribution in [0.4, 0.5) is 18.9 Å². The summed E-state index contributed by atoms with van der Waals surface area (Å²) in [5.74, 6) is 0. The number of halogens is 3. The Balaban J connectivity index is 2.23. The zero-order valence-electron chi connectivity index (χ0n) is 10.9. The summed E-state index contributed by atoms with van der Waals surface area (Å²) in [6.07, 6.45) is -0.728. The Morgan fingerprint density at radius 2 is 1.95 bits per heavy atom. The van der Waals surface area contributed by atoms with Crippen molar-refractivity contribution in [3.8, 4) is 6.07 Å². The highest BCUT2D eigenvalue weighted by Crippen LogP contribution is 2.34. The molecule has 1 aromatic rings. The lowest BCUT2D eigenvalue weighted by atomic mass is 9.90. The minimum absolute atomic E-state index is 0.0160. The van der Waals surface area contributed by atoms with E-state index in [2.05, 4.69) is 5.32 Å². The van der Waals surface area contributed by atoms with Gasteiger partial charge in [-0.05, 0) is 31.0 Å². The molecule has 3 N–H and O–H groups in total. The molecular formula is C14H16F3N3. The first-order valence-electron chi connectivity index (χ1n) is 6.55. The minimum Gasteiger partial charge on any atom is -0.381 e. The molecule has 6 heteroatoms. The Kier molecular flexibility index (Phi) is 4.19. The largest absolute Gasteiger partial charge is 0.417 e. The van der Waals surface area contributed by atoms with E-state index in [4.69, 9.17) is 11.0 Å². The van der Waals surface area contributed by atoms with Crippen LogP contribution in [0, 0.1) is 11.3 Å². The predicted octanol–water partition coefficient (Wildman–Crippen LogP) is 3.26. The number of anilines is 1. The molecule has 0 aromatic heterocycles. The van der Waals surface area contributed by atoms with Gasteiger partial charge in [-0.25, -0.2) is 0 Å². The average Bonchev–Trinajstić information content (AvgIpc) is 2.40. The summed E-state index contributed by atoms with van der Waals surface area (Å²) < 4.78 is 38.6. The third-order valence-corrected chi connectivity index (χ3v) is 3.62. The van der Waals surface area contributed by atoms with Crippen LogP contribution >= 0.6 is 0 Å². The summed E-state index contributed by atoms with van der Waals surface area (Å²) in [6.45, 7) is 0. The summed E-state index contributed by atoms with van der Waals surface area (Å²) in [5.41, 5.74) is 5.06. The molecule has 1 saturated carbocycles. The normalized spacial score (nSPS) is 23.1. The van der Waals surface area contributed by atoms with Crippen molar-refractivity contribution in [1.82, 2.24) is 0 Å². The van der Waals surface area contributed by atoms with Crippen LogP contribution in [-0.2, 0) is 6.18 Å². The van der Waals surface area contributed by atoms with Gasteiger partial charge in [0, 0.05) is 17.8 Å². The molecule has 0 aliphatic heterocycles. The van der Waals surface area contributed by atoms with Gasteiger partial charge in [0.05, 0.1) is 17.2 Å². The van der Waals surface area contributed by atoms with Crippen LogP contribution in [-0.4, -0.2) is 12.1 Å². The van der Waals surface area contributed by atoms with Crippen molar-refractivity contribution in [3.05, 3.63) is 29.3 Å². The highest BCUT2D eigenvalue weighted by molar-refractivity contribution is 5.53. The van der Waals surface area contributed by atoms with Gasteiger partial charge in [-0.15, -0.1) is 0 Å². The van der Waals surface area contributed by atoms with E-state index in [0.717, 1.165) is 31.7 Å². The zero-order valence-corrected chi connectivity index (χ0v) is 10.9. The molecule has 0 saturated heterocycles. The van der Waals surface area contributed by atoms with E-state index in [-0.39, 0.29) is 17.6 Å². The fourth-order valence-corrected chi connectivity index (χ4v) is 2.52. The highest BCUT2D eigenvalue weighted by atomic mass is 19.4. The molecule has 2 rings (SSSR count). The second kappa shape index (κ2) is 5.71. The van der Waals surface area contributed by atoms with E-state index in [1.165, 1.54) is 12.1 Å². The smallest absolute Gasteiger partial charge is 0.381 e. The lowest BCUT2D eigenvalue weighted by Gasteiger charge is -2.30. The molecule has 1 aromatic carbocycles. The summed E-state index contributed by atoms with van der Waals surface area (Å²) in [7, 11) is 0. The van der Waals surface area contributed by atoms with Gasteiger partial charge in [0.15, 0.2) is 0 Å². The monoisotopic (exact) mass is 283 g/mol. The summed E-state index contributed by atoms with van der Waals surface area (Å²) in [6, 6.07) is 5.18. The molecule has 3 nitrogen and oxygen atoms in total. The van der Waals surface area contributed by atoms with Crippen molar-refractivity contribution < 1.29 is 13.2 Å². The number of benzene rings is 1. The van der Waals surface area contributed by atoms with Crippen molar-refractivity contribution in [3.63, 3.8) is 0 Å². The number of nitrogens with zero attached hydrogens (tertiary/aromatic N) is 1. The van der Waals surface area contributed by atoms with Gasteiger partial charge in [-0.1, -0.05) is 12.8 Å². The molecule has 0 spiro atoms. The van der Waals surface area contributed by atoms with E-state index in [1.54, 1.807) is 6.07 Å². The Hall–Kier alpha value is -1.74. The fourth-order valence-electron chi connectivity index (χ4n) is 2.52. The van der Waals surface area contributed by atoms with Gasteiger partial charge < -0.3 is 11.1 Å². The molecule has 1 aliphatic carbocycles. The average molecular weight is 283 g/mol. The third-order valence-electron chi connectivity index (χ3n) is 3.62. The van der Waals surface area contributed by atoms with Gasteiger partial charge in [-0.3, -0.25) is 0 Å². The molecule has 0 radical (unpaired) electrons. The summed E-state index contributed by atoms with van der Waals surface area (Å²) in [4.78, 5) is 0. The predicted molar refractivity (Wildman–Crippen MR) is 70.0 cm³/mol. The second-order valence-corrected chi connectivity index (χ2v) is 5.07. The molecule has 20 heavy (non-hydrogen) atoms. The van der Waals surface area contributed by atoms with Gasteiger partial charge in [-0.2, -0.15) is 18.4 Å². The number of alkyl halides is 3. The fraction of sp³-hybridized carbons (Fsp3) is 0.500. The van der Waals surface area contributed by atoms with Gasteiger partial charge in [0.2, 0.25) is 0 Å². The van der Waals surface area contributed by atoms with Crippen LogP contribution in [0.1, 0.15) is 36.8 Å². The number of rotatable bonds is 2. The van der Waals surface area contributed by atoms with E-state index < -0.39 is 11.7 Å². The zero-order chi connectivity index (χ0) is 14.8. The van der Waals surface area contributed by atoms with E-state index in [9.17, 15) is 13.2 Å². The molecule has 2 atom stereocenters. The van der Waals surface area contributed by atoms with Crippen molar-refractivity contribution in [2.24, 2.45) is 5.73 Å². The molecular weight excluding hydrogens is 267 g/mol. The van der Waals surface area contributed by atoms with Crippen molar-refractivity contribution in [1.29, 1.82) is 5.26 Å². The molecule has 0 heterocycles. The van der Waals surface area contributed by atoms with Crippen molar-refractivity contribution in [2.75, 3.05) is 5.32 Å². The highest BCUT2D eigenvalue weighted by Gasteiger charge is 2.34. The maximum Gasteiger partial charge on any atom is 0.417 e. The first kappa shape index (κ1) is 14.7. The van der Waals surface area contributed by atoms with E-state index in [0.29, 0.717) is 5.69 Å². The Morgan fingerprint density at radius 1 is 1.25 bits per heavy atom. The van der Waals surface area contributed by atoms with E-state index >= 15 is 0 Å². The Bertz CT molecular complexity index is 519. The van der Waals surface area contributed by atoms with Crippen LogP contribution in [0.15, 0.2) is 18.2 Å². The Morgan fingerprint density at radius 3 is 2.55 bits per heavy atom. The topological polar surface area (TPSA) is 61.8 Å². The van der Waals surface area contributed by atoms with Gasteiger partial charge in [0.1, 0.15) is 0 Å². The molecule has 0 bridgehead atoms. The van der Waals surface area contributed by atoms with Crippen LogP contribution in [0.2, 0.25) is 0 Å². The number of nitrogens with one attached hydrogen (secondary N) is 1. The quantitative estimate of drug-likeness (QED) is 0.875. The van der Waals surface area contributed by atoms with Gasteiger partial charge in [0.25, 0.3) is 0 Å². The van der Waals surface area contributed by atoms with Crippen LogP contribution in [0.5, 0.6) is 0 Å². The van der Waals surface area contributed by atoms with Gasteiger partial charge >= 0.3 is 6.18 Å². The SMILES string of the molecule is N#Cc1ccc(N[C@@H]2CCCC[C@H]2N)cc1C(F)(F)F. The molecule has 1 fully saturated rings. The lowest BCUT2D eigenvalue weighted by Crippen LogP contribution is -2.42. The lowest BCUT2D eigenvalue weighted by molar-refractivity contribution is -0.137. The summed E-state index contributed by atoms with van der Waals surface area (Å²) in [5, 5.41) is 11.8. The van der Waals surface area contributed by atoms with Crippen LogP contribution < -0.4 is 11.1 Å². The van der Waals surface area contributed by atoms with Crippen molar-refractivity contribution in [2.45, 2.75) is 43.9 Å². The third kappa shape index (κ3) is 3.23. The first-order valence-corrected chi connectivity index (χ1v) is 6.55. The summed E-state index contributed by atoms with van der Waals surface area (Å²) >= 11 is 0.